The Morgan fingerprint density at radius 2 is 1.76 bits per heavy atom. The van der Waals surface area contributed by atoms with Crippen molar-refractivity contribution in [1.82, 2.24) is 30.0 Å². The fourth-order valence-corrected chi connectivity index (χ4v) is 4.49. The third-order valence-corrected chi connectivity index (χ3v) is 6.54. The first-order valence-corrected chi connectivity index (χ1v) is 12.9. The van der Waals surface area contributed by atoms with Gasteiger partial charge in [0, 0.05) is 11.8 Å². The van der Waals surface area contributed by atoms with Gasteiger partial charge in [0.2, 0.25) is 5.82 Å². The number of aryl methyl sites for hydroxylation is 2. The number of ether oxygens (including phenoxy) is 1. The third kappa shape index (κ3) is 4.94. The van der Waals surface area contributed by atoms with E-state index >= 15 is 0 Å². The topological polar surface area (TPSA) is 98.1 Å². The predicted octanol–water partition coefficient (Wildman–Crippen LogP) is 6.12. The van der Waals surface area contributed by atoms with Crippen molar-refractivity contribution in [2.75, 3.05) is 0 Å². The molecule has 0 aliphatic heterocycles. The molecule has 3 aromatic heterocycles. The van der Waals surface area contributed by atoms with Gasteiger partial charge in [0.25, 0.3) is 0 Å². The molecule has 3 heterocycles. The number of benzene rings is 2. The van der Waals surface area contributed by atoms with Gasteiger partial charge in [0.15, 0.2) is 6.10 Å². The second kappa shape index (κ2) is 10.2. The molecule has 0 unspecified atom stereocenters. The van der Waals surface area contributed by atoms with Gasteiger partial charge in [-0.3, -0.25) is 9.20 Å². The van der Waals surface area contributed by atoms with Crippen molar-refractivity contribution in [2.24, 2.45) is 5.41 Å². The van der Waals surface area contributed by atoms with Crippen LogP contribution >= 0.6 is 0 Å². The van der Waals surface area contributed by atoms with Crippen LogP contribution in [0, 0.1) is 12.3 Å². The predicted molar refractivity (Wildman–Crippen MR) is 146 cm³/mol. The van der Waals surface area contributed by atoms with E-state index in [1.54, 1.807) is 0 Å². The molecule has 5 aromatic rings. The monoisotopic (exact) mass is 508 g/mol. The molecule has 1 N–H and O–H groups in total. The van der Waals surface area contributed by atoms with E-state index in [1.165, 1.54) is 0 Å². The van der Waals surface area contributed by atoms with Crippen molar-refractivity contribution in [3.05, 3.63) is 89.4 Å². The second-order valence-electron chi connectivity index (χ2n) is 10.6. The molecular formula is C30H32N6O2. The highest BCUT2D eigenvalue weighted by molar-refractivity contribution is 5.80. The lowest BCUT2D eigenvalue weighted by Crippen LogP contribution is -2.26. The molecule has 0 radical (unpaired) electrons. The molecular weight excluding hydrogens is 476 g/mol. The van der Waals surface area contributed by atoms with Crippen LogP contribution in [0.25, 0.3) is 28.2 Å². The van der Waals surface area contributed by atoms with E-state index in [0.29, 0.717) is 5.82 Å². The summed E-state index contributed by atoms with van der Waals surface area (Å²) < 4.78 is 8.28. The minimum absolute atomic E-state index is 0.267. The number of nitrogens with one attached hydrogen (secondary N) is 1. The number of nitrogens with zero attached hydrogens (tertiary/aromatic N) is 5. The van der Waals surface area contributed by atoms with Crippen LogP contribution in [0.3, 0.4) is 0 Å². The molecule has 0 spiro atoms. The molecule has 0 aliphatic carbocycles. The van der Waals surface area contributed by atoms with Crippen LogP contribution in [0.15, 0.2) is 66.9 Å². The number of aromatic amines is 1. The summed E-state index contributed by atoms with van der Waals surface area (Å²) in [6, 6.07) is 20.1. The molecule has 2 aromatic carbocycles. The first kappa shape index (κ1) is 25.3. The number of pyridine rings is 1. The maximum atomic E-state index is 13.1. The average molecular weight is 509 g/mol. The van der Waals surface area contributed by atoms with Gasteiger partial charge in [-0.15, -0.1) is 10.2 Å². The lowest BCUT2D eigenvalue weighted by molar-refractivity contribution is -0.157. The number of H-pyrrole nitrogens is 1. The summed E-state index contributed by atoms with van der Waals surface area (Å²) in [6.45, 7) is 9.79. The van der Waals surface area contributed by atoms with Crippen LogP contribution in [0.5, 0.6) is 0 Å². The number of imidazole rings is 1. The molecule has 1 atom stereocenters. The number of fused-ring (bicyclic) bond motifs is 1. The van der Waals surface area contributed by atoms with Crippen LogP contribution in [-0.4, -0.2) is 36.0 Å². The first-order valence-electron chi connectivity index (χ1n) is 12.9. The Hall–Kier alpha value is -4.33. The number of carbonyl (C=O) groups is 1. The molecule has 0 saturated heterocycles. The molecule has 0 saturated carbocycles. The van der Waals surface area contributed by atoms with Crippen molar-refractivity contribution < 1.29 is 9.53 Å². The Kier molecular flexibility index (Phi) is 6.80. The normalized spacial score (nSPS) is 12.6. The lowest BCUT2D eigenvalue weighted by atomic mass is 9.95. The summed E-state index contributed by atoms with van der Waals surface area (Å²) >= 11 is 0. The molecule has 0 bridgehead atoms. The Morgan fingerprint density at radius 1 is 1.03 bits per heavy atom. The van der Waals surface area contributed by atoms with Gasteiger partial charge in [0.1, 0.15) is 5.65 Å². The summed E-state index contributed by atoms with van der Waals surface area (Å²) in [7, 11) is 0. The van der Waals surface area contributed by atoms with Crippen molar-refractivity contribution >= 4 is 11.6 Å². The fourth-order valence-electron chi connectivity index (χ4n) is 4.49. The fraction of sp³-hybridized carbons (Fsp3) is 0.300. The SMILES string of the molecule is CCCc1cn2c([C@H](OC(=O)C(C)(C)C)c3ccc(-c4ccccc4-c4nn[nH]n4)cc3)ccc(C)c2n1. The number of hydrogen-bond acceptors (Lipinski definition) is 6. The van der Waals surface area contributed by atoms with E-state index in [1.807, 2.05) is 88.4 Å². The van der Waals surface area contributed by atoms with Crippen molar-refractivity contribution in [3.8, 4) is 22.5 Å². The summed E-state index contributed by atoms with van der Waals surface area (Å²) in [5.74, 6) is 0.267. The summed E-state index contributed by atoms with van der Waals surface area (Å²) in [6.07, 6.45) is 3.36. The number of rotatable bonds is 7. The Morgan fingerprint density at radius 3 is 2.42 bits per heavy atom. The highest BCUT2D eigenvalue weighted by Crippen LogP contribution is 2.34. The zero-order chi connectivity index (χ0) is 26.9. The van der Waals surface area contributed by atoms with Crippen LogP contribution < -0.4 is 0 Å². The van der Waals surface area contributed by atoms with Crippen LogP contribution in [0.2, 0.25) is 0 Å². The smallest absolute Gasteiger partial charge is 0.312 e. The van der Waals surface area contributed by atoms with E-state index in [9.17, 15) is 4.79 Å². The average Bonchev–Trinajstić information content (AvgIpc) is 3.59. The molecule has 194 valence electrons. The number of hydrogen-bond donors (Lipinski definition) is 1. The quantitative estimate of drug-likeness (QED) is 0.266. The van der Waals surface area contributed by atoms with Gasteiger partial charge >= 0.3 is 5.97 Å². The third-order valence-electron chi connectivity index (χ3n) is 6.54. The van der Waals surface area contributed by atoms with E-state index in [-0.39, 0.29) is 5.97 Å². The highest BCUT2D eigenvalue weighted by Gasteiger charge is 2.29. The van der Waals surface area contributed by atoms with Gasteiger partial charge in [-0.05, 0) is 67.6 Å². The van der Waals surface area contributed by atoms with E-state index in [0.717, 1.165) is 57.7 Å². The summed E-state index contributed by atoms with van der Waals surface area (Å²) in [5, 5.41) is 14.5. The molecule has 8 nitrogen and oxygen atoms in total. The van der Waals surface area contributed by atoms with E-state index < -0.39 is 11.5 Å². The highest BCUT2D eigenvalue weighted by atomic mass is 16.5. The Balaban J connectivity index is 1.59. The largest absolute Gasteiger partial charge is 0.451 e. The van der Waals surface area contributed by atoms with E-state index in [2.05, 4.69) is 38.1 Å². The van der Waals surface area contributed by atoms with Gasteiger partial charge < -0.3 is 4.74 Å². The zero-order valence-corrected chi connectivity index (χ0v) is 22.4. The molecule has 38 heavy (non-hydrogen) atoms. The standard InChI is InChI=1S/C30H32N6O2/c1-6-9-22-18-36-25(17-12-19(2)28(36)31-22)26(38-29(37)30(3,4)5)21-15-13-20(14-16-21)23-10-7-8-11-24(23)27-32-34-35-33-27/h7-8,10-18,26H,6,9H2,1-5H3,(H,32,33,34,35)/t26-/m1/s1. The Labute approximate surface area is 222 Å². The minimum Gasteiger partial charge on any atom is -0.451 e. The van der Waals surface area contributed by atoms with Gasteiger partial charge in [-0.25, -0.2) is 4.98 Å². The van der Waals surface area contributed by atoms with Crippen LogP contribution in [0.1, 0.15) is 62.7 Å². The Bertz CT molecular complexity index is 1560. The van der Waals surface area contributed by atoms with E-state index in [4.69, 9.17) is 9.72 Å². The molecule has 0 amide bonds. The molecule has 5 rings (SSSR count). The number of esters is 1. The van der Waals surface area contributed by atoms with Crippen LogP contribution in [0.4, 0.5) is 0 Å². The molecule has 0 fully saturated rings. The van der Waals surface area contributed by atoms with Crippen molar-refractivity contribution in [2.45, 2.75) is 53.6 Å². The number of tetrazole rings is 1. The van der Waals surface area contributed by atoms with Crippen molar-refractivity contribution in [3.63, 3.8) is 0 Å². The lowest BCUT2D eigenvalue weighted by Gasteiger charge is -2.25. The first-order chi connectivity index (χ1) is 18.3. The minimum atomic E-state index is -0.645. The van der Waals surface area contributed by atoms with Crippen LogP contribution in [-0.2, 0) is 16.0 Å². The van der Waals surface area contributed by atoms with Crippen molar-refractivity contribution in [1.29, 1.82) is 0 Å². The van der Waals surface area contributed by atoms with Gasteiger partial charge in [-0.1, -0.05) is 67.9 Å². The molecule has 8 heteroatoms. The number of carbonyl (C=O) groups excluding carboxylic acids is 1. The van der Waals surface area contributed by atoms with Gasteiger partial charge in [-0.2, -0.15) is 5.21 Å². The second-order valence-corrected chi connectivity index (χ2v) is 10.6. The maximum Gasteiger partial charge on any atom is 0.312 e. The molecule has 0 aliphatic rings. The summed E-state index contributed by atoms with van der Waals surface area (Å²) in [4.78, 5) is 18.0. The zero-order valence-electron chi connectivity index (χ0n) is 22.4. The number of aromatic nitrogens is 6. The summed E-state index contributed by atoms with van der Waals surface area (Å²) in [5.41, 5.74) is 6.94. The van der Waals surface area contributed by atoms with Gasteiger partial charge in [0.05, 0.1) is 16.8 Å². The maximum absolute atomic E-state index is 13.1.